The number of thioether (sulfide) groups is 1. The Bertz CT molecular complexity index is 317. The van der Waals surface area contributed by atoms with Gasteiger partial charge in [-0.25, -0.2) is 4.79 Å². The average Bonchev–Trinajstić information content (AvgIpc) is 2.79. The zero-order valence-corrected chi connectivity index (χ0v) is 12.4. The fraction of sp³-hybridized carbons (Fsp3) is 0.846. The van der Waals surface area contributed by atoms with Crippen LogP contribution in [0, 0.1) is 5.92 Å². The van der Waals surface area contributed by atoms with Gasteiger partial charge in [-0.2, -0.15) is 11.8 Å². The van der Waals surface area contributed by atoms with E-state index >= 15 is 0 Å². The number of aliphatic carboxylic acids is 1. The number of hydrogen-bond donors (Lipinski definition) is 3. The van der Waals surface area contributed by atoms with Gasteiger partial charge in [-0.1, -0.05) is 13.8 Å². The summed E-state index contributed by atoms with van der Waals surface area (Å²) >= 11 is 1.79. The minimum atomic E-state index is -0.974. The summed E-state index contributed by atoms with van der Waals surface area (Å²) in [5.41, 5.74) is 5.76. The molecule has 1 saturated heterocycles. The highest BCUT2D eigenvalue weighted by Crippen LogP contribution is 2.29. The summed E-state index contributed by atoms with van der Waals surface area (Å²) in [6.07, 6.45) is 3.21. The van der Waals surface area contributed by atoms with Gasteiger partial charge in [-0.15, -0.1) is 0 Å². The topological polar surface area (TPSA) is 92.4 Å². The van der Waals surface area contributed by atoms with Crippen molar-refractivity contribution < 1.29 is 14.7 Å². The molecule has 1 unspecified atom stereocenters. The van der Waals surface area contributed by atoms with Crippen LogP contribution in [0.4, 0.5) is 0 Å². The van der Waals surface area contributed by atoms with Gasteiger partial charge in [0.1, 0.15) is 6.04 Å². The molecule has 19 heavy (non-hydrogen) atoms. The normalized spacial score (nSPS) is 22.2. The van der Waals surface area contributed by atoms with E-state index in [4.69, 9.17) is 5.73 Å². The third-order valence-electron chi connectivity index (χ3n) is 3.20. The summed E-state index contributed by atoms with van der Waals surface area (Å²) in [6, 6.07) is -1.45. The molecule has 0 spiro atoms. The minimum Gasteiger partial charge on any atom is -0.480 e. The predicted octanol–water partition coefficient (Wildman–Crippen LogP) is 1.21. The number of rotatable bonds is 7. The molecule has 1 fully saturated rings. The Labute approximate surface area is 118 Å². The number of nitrogens with one attached hydrogen (secondary N) is 1. The molecule has 0 radical (unpaired) electrons. The summed E-state index contributed by atoms with van der Waals surface area (Å²) in [5, 5.41) is 12.1. The molecule has 1 heterocycles. The van der Waals surface area contributed by atoms with Crippen molar-refractivity contribution in [3.05, 3.63) is 0 Å². The molecule has 0 aromatic rings. The van der Waals surface area contributed by atoms with Crippen LogP contribution in [0.1, 0.15) is 39.5 Å². The quantitative estimate of drug-likeness (QED) is 0.655. The molecule has 1 amide bonds. The average molecular weight is 288 g/mol. The maximum absolute atomic E-state index is 11.9. The zero-order chi connectivity index (χ0) is 14.4. The second kappa shape index (κ2) is 7.75. The number of carbonyl (C=O) groups excluding carboxylic acids is 1. The van der Waals surface area contributed by atoms with Crippen LogP contribution in [0.25, 0.3) is 0 Å². The van der Waals surface area contributed by atoms with Gasteiger partial charge in [0.15, 0.2) is 0 Å². The van der Waals surface area contributed by atoms with Crippen LogP contribution in [0.5, 0.6) is 0 Å². The van der Waals surface area contributed by atoms with Crippen molar-refractivity contribution in [3.63, 3.8) is 0 Å². The molecule has 0 aromatic carbocycles. The summed E-state index contributed by atoms with van der Waals surface area (Å²) in [6.45, 7) is 3.97. The Morgan fingerprint density at radius 2 is 2.16 bits per heavy atom. The first-order chi connectivity index (χ1) is 8.90. The Morgan fingerprint density at radius 1 is 1.47 bits per heavy atom. The van der Waals surface area contributed by atoms with E-state index < -0.39 is 18.1 Å². The van der Waals surface area contributed by atoms with Crippen molar-refractivity contribution >= 4 is 23.6 Å². The number of nitrogens with two attached hydrogens (primary N) is 1. The Kier molecular flexibility index (Phi) is 6.65. The van der Waals surface area contributed by atoms with Crippen LogP contribution in [0.2, 0.25) is 0 Å². The van der Waals surface area contributed by atoms with Gasteiger partial charge in [0.25, 0.3) is 0 Å². The van der Waals surface area contributed by atoms with Crippen LogP contribution in [0.15, 0.2) is 0 Å². The van der Waals surface area contributed by atoms with Crippen LogP contribution >= 0.6 is 11.8 Å². The van der Waals surface area contributed by atoms with Crippen molar-refractivity contribution in [2.75, 3.05) is 5.75 Å². The molecular formula is C13H24N2O3S. The molecule has 0 aliphatic carbocycles. The van der Waals surface area contributed by atoms with Crippen molar-refractivity contribution in [2.24, 2.45) is 11.7 Å². The first kappa shape index (κ1) is 16.3. The van der Waals surface area contributed by atoms with E-state index in [-0.39, 0.29) is 5.91 Å². The maximum Gasteiger partial charge on any atom is 0.326 e. The van der Waals surface area contributed by atoms with E-state index in [1.165, 1.54) is 0 Å². The molecule has 0 aromatic heterocycles. The summed E-state index contributed by atoms with van der Waals surface area (Å²) in [4.78, 5) is 23.1. The lowest BCUT2D eigenvalue weighted by molar-refractivity contribution is -0.142. The lowest BCUT2D eigenvalue weighted by Gasteiger charge is -2.20. The summed E-state index contributed by atoms with van der Waals surface area (Å²) in [7, 11) is 0. The van der Waals surface area contributed by atoms with E-state index in [2.05, 4.69) is 5.32 Å². The Hall–Kier alpha value is -0.750. The van der Waals surface area contributed by atoms with Crippen molar-refractivity contribution in [2.45, 2.75) is 56.9 Å². The minimum absolute atomic E-state index is 0.314. The van der Waals surface area contributed by atoms with Crippen LogP contribution in [-0.4, -0.2) is 40.1 Å². The monoisotopic (exact) mass is 288 g/mol. The molecule has 6 heteroatoms. The largest absolute Gasteiger partial charge is 0.480 e. The summed E-state index contributed by atoms with van der Waals surface area (Å²) < 4.78 is 0. The second-order valence-electron chi connectivity index (χ2n) is 5.51. The van der Waals surface area contributed by atoms with E-state index in [1.807, 2.05) is 13.8 Å². The fourth-order valence-corrected chi connectivity index (χ4v) is 3.54. The van der Waals surface area contributed by atoms with Crippen LogP contribution in [-0.2, 0) is 9.59 Å². The molecule has 1 aliphatic heterocycles. The predicted molar refractivity (Wildman–Crippen MR) is 77.1 cm³/mol. The van der Waals surface area contributed by atoms with E-state index in [0.29, 0.717) is 24.0 Å². The SMILES string of the molecule is CC(C)C[C@H](N)C(=O)N[C@@H](CC1CCCS1)C(=O)O. The highest BCUT2D eigenvalue weighted by molar-refractivity contribution is 8.00. The van der Waals surface area contributed by atoms with Gasteiger partial charge in [0, 0.05) is 5.25 Å². The third-order valence-corrected chi connectivity index (χ3v) is 4.62. The first-order valence-corrected chi connectivity index (χ1v) is 7.85. The van der Waals surface area contributed by atoms with Crippen molar-refractivity contribution in [1.82, 2.24) is 5.32 Å². The highest BCUT2D eigenvalue weighted by atomic mass is 32.2. The molecule has 110 valence electrons. The van der Waals surface area contributed by atoms with Gasteiger partial charge in [0.05, 0.1) is 6.04 Å². The highest BCUT2D eigenvalue weighted by Gasteiger charge is 2.28. The number of carboxylic acid groups (broad SMARTS) is 1. The van der Waals surface area contributed by atoms with Crippen molar-refractivity contribution in [1.29, 1.82) is 0 Å². The number of hydrogen-bond acceptors (Lipinski definition) is 4. The van der Waals surface area contributed by atoms with Gasteiger partial charge in [-0.3, -0.25) is 4.79 Å². The second-order valence-corrected chi connectivity index (χ2v) is 6.91. The van der Waals surface area contributed by atoms with Gasteiger partial charge < -0.3 is 16.2 Å². The Balaban J connectivity index is 2.47. The third kappa shape index (κ3) is 5.82. The standard InChI is InChI=1S/C13H24N2O3S/c1-8(2)6-10(14)12(16)15-11(13(17)18)7-9-4-3-5-19-9/h8-11H,3-7,14H2,1-2H3,(H,15,16)(H,17,18)/t9?,10-,11-/m0/s1. The molecule has 5 nitrogen and oxygen atoms in total. The van der Waals surface area contributed by atoms with E-state index in [1.54, 1.807) is 11.8 Å². The van der Waals surface area contributed by atoms with Crippen LogP contribution in [0.3, 0.4) is 0 Å². The number of carboxylic acids is 1. The van der Waals surface area contributed by atoms with Crippen molar-refractivity contribution in [3.8, 4) is 0 Å². The lowest BCUT2D eigenvalue weighted by Crippen LogP contribution is -2.49. The maximum atomic E-state index is 11.9. The zero-order valence-electron chi connectivity index (χ0n) is 11.6. The molecular weight excluding hydrogens is 264 g/mol. The van der Waals surface area contributed by atoms with E-state index in [9.17, 15) is 14.7 Å². The smallest absolute Gasteiger partial charge is 0.326 e. The van der Waals surface area contributed by atoms with E-state index in [0.717, 1.165) is 18.6 Å². The molecule has 0 bridgehead atoms. The fourth-order valence-electron chi connectivity index (χ4n) is 2.21. The molecule has 1 rings (SSSR count). The molecule has 4 N–H and O–H groups in total. The lowest BCUT2D eigenvalue weighted by atomic mass is 10.0. The van der Waals surface area contributed by atoms with Gasteiger partial charge in [-0.05, 0) is 37.4 Å². The Morgan fingerprint density at radius 3 is 2.63 bits per heavy atom. The number of amides is 1. The van der Waals surface area contributed by atoms with Gasteiger partial charge in [0.2, 0.25) is 5.91 Å². The summed E-state index contributed by atoms with van der Waals surface area (Å²) in [5.74, 6) is 0.0637. The molecule has 1 aliphatic rings. The number of carbonyl (C=O) groups is 2. The first-order valence-electron chi connectivity index (χ1n) is 6.80. The molecule has 3 atom stereocenters. The van der Waals surface area contributed by atoms with Gasteiger partial charge >= 0.3 is 5.97 Å². The molecule has 0 saturated carbocycles. The van der Waals surface area contributed by atoms with Crippen LogP contribution < -0.4 is 11.1 Å².